The van der Waals surface area contributed by atoms with Crippen LogP contribution >= 0.6 is 0 Å². The zero-order valence-electron chi connectivity index (χ0n) is 16.6. The molecule has 3 N–H and O–H groups in total. The fourth-order valence-electron chi connectivity index (χ4n) is 3.06. The van der Waals surface area contributed by atoms with E-state index in [2.05, 4.69) is 22.9 Å². The molecule has 2 aromatic rings. The van der Waals surface area contributed by atoms with Crippen molar-refractivity contribution >= 4 is 28.9 Å². The van der Waals surface area contributed by atoms with Crippen molar-refractivity contribution in [2.45, 2.75) is 46.1 Å². The highest BCUT2D eigenvalue weighted by molar-refractivity contribution is 6.06. The fraction of sp³-hybridized carbons (Fsp3) is 0.364. The number of para-hydroxylation sites is 2. The van der Waals surface area contributed by atoms with E-state index >= 15 is 0 Å². The van der Waals surface area contributed by atoms with E-state index in [0.717, 1.165) is 35.3 Å². The zero-order valence-corrected chi connectivity index (χ0v) is 16.6. The standard InChI is InChI=1S/C22H27N3O3/c1-4-5-10-28-20-9-7-6-8-16(20)24-21(26)13-19-22(27)25-18-12-15(3)14(2)11-17(18)23-19/h6-9,11-12,19,23H,4-5,10,13H2,1-3H3,(H,24,26)(H,25,27). The molecule has 1 atom stereocenters. The quantitative estimate of drug-likeness (QED) is 0.627. The molecule has 148 valence electrons. The number of ether oxygens (including phenoxy) is 1. The molecule has 1 aliphatic heterocycles. The third-order valence-electron chi connectivity index (χ3n) is 4.84. The number of amides is 2. The van der Waals surface area contributed by atoms with Crippen LogP contribution in [0.15, 0.2) is 36.4 Å². The molecule has 0 bridgehead atoms. The van der Waals surface area contributed by atoms with E-state index in [1.54, 1.807) is 6.07 Å². The highest BCUT2D eigenvalue weighted by Gasteiger charge is 2.28. The van der Waals surface area contributed by atoms with E-state index in [4.69, 9.17) is 4.74 Å². The van der Waals surface area contributed by atoms with Gasteiger partial charge in [-0.1, -0.05) is 25.5 Å². The Bertz CT molecular complexity index is 879. The fourth-order valence-corrected chi connectivity index (χ4v) is 3.06. The van der Waals surface area contributed by atoms with Gasteiger partial charge in [-0.25, -0.2) is 0 Å². The minimum atomic E-state index is -0.622. The third kappa shape index (κ3) is 4.63. The van der Waals surface area contributed by atoms with Crippen LogP contribution in [0, 0.1) is 13.8 Å². The summed E-state index contributed by atoms with van der Waals surface area (Å²) in [6, 6.07) is 10.7. The molecule has 1 aliphatic rings. The summed E-state index contributed by atoms with van der Waals surface area (Å²) in [6.07, 6.45) is 2.02. The van der Waals surface area contributed by atoms with Gasteiger partial charge in [-0.2, -0.15) is 0 Å². The molecule has 3 rings (SSSR count). The number of hydrogen-bond donors (Lipinski definition) is 3. The van der Waals surface area contributed by atoms with Gasteiger partial charge in [-0.15, -0.1) is 0 Å². The first-order valence-electron chi connectivity index (χ1n) is 9.68. The monoisotopic (exact) mass is 381 g/mol. The molecule has 0 aromatic heterocycles. The van der Waals surface area contributed by atoms with Crippen LogP contribution in [-0.2, 0) is 9.59 Å². The summed E-state index contributed by atoms with van der Waals surface area (Å²) < 4.78 is 5.75. The van der Waals surface area contributed by atoms with Crippen LogP contribution in [0.3, 0.4) is 0 Å². The average Bonchev–Trinajstić information content (AvgIpc) is 2.66. The van der Waals surface area contributed by atoms with Gasteiger partial charge in [-0.05, 0) is 55.7 Å². The van der Waals surface area contributed by atoms with Crippen LogP contribution in [0.25, 0.3) is 0 Å². The number of carbonyl (C=O) groups is 2. The van der Waals surface area contributed by atoms with Crippen molar-refractivity contribution in [2.75, 3.05) is 22.6 Å². The van der Waals surface area contributed by atoms with Gasteiger partial charge in [0.1, 0.15) is 11.8 Å². The van der Waals surface area contributed by atoms with Gasteiger partial charge in [0.15, 0.2) is 0 Å². The van der Waals surface area contributed by atoms with Gasteiger partial charge in [0, 0.05) is 0 Å². The maximum atomic E-state index is 12.6. The van der Waals surface area contributed by atoms with Crippen molar-refractivity contribution < 1.29 is 14.3 Å². The maximum absolute atomic E-state index is 12.6. The number of unbranched alkanes of at least 4 members (excludes halogenated alkanes) is 1. The first-order chi connectivity index (χ1) is 13.5. The number of carbonyl (C=O) groups excluding carboxylic acids is 2. The number of hydrogen-bond acceptors (Lipinski definition) is 4. The second kappa shape index (κ2) is 8.78. The summed E-state index contributed by atoms with van der Waals surface area (Å²) in [6.45, 7) is 6.72. The van der Waals surface area contributed by atoms with Gasteiger partial charge < -0.3 is 20.7 Å². The second-order valence-corrected chi connectivity index (χ2v) is 7.12. The summed E-state index contributed by atoms with van der Waals surface area (Å²) in [4.78, 5) is 25.0. The molecule has 28 heavy (non-hydrogen) atoms. The molecule has 0 saturated heterocycles. The van der Waals surface area contributed by atoms with Gasteiger partial charge in [0.2, 0.25) is 11.8 Å². The highest BCUT2D eigenvalue weighted by Crippen LogP contribution is 2.31. The van der Waals surface area contributed by atoms with Gasteiger partial charge >= 0.3 is 0 Å². The number of nitrogens with one attached hydrogen (secondary N) is 3. The molecule has 6 nitrogen and oxygen atoms in total. The van der Waals surface area contributed by atoms with Crippen LogP contribution in [0.2, 0.25) is 0 Å². The van der Waals surface area contributed by atoms with E-state index in [1.807, 2.05) is 44.2 Å². The Balaban J connectivity index is 1.65. The van der Waals surface area contributed by atoms with E-state index in [1.165, 1.54) is 0 Å². The van der Waals surface area contributed by atoms with Gasteiger partial charge in [0.05, 0.1) is 30.1 Å². The Kier molecular flexibility index (Phi) is 6.19. The maximum Gasteiger partial charge on any atom is 0.247 e. The SMILES string of the molecule is CCCCOc1ccccc1NC(=O)CC1Nc2cc(C)c(C)cc2NC1=O. The Morgan fingerprint density at radius 1 is 1.14 bits per heavy atom. The van der Waals surface area contributed by atoms with Crippen molar-refractivity contribution in [3.8, 4) is 5.75 Å². The largest absolute Gasteiger partial charge is 0.491 e. The first-order valence-corrected chi connectivity index (χ1v) is 9.68. The van der Waals surface area contributed by atoms with Crippen LogP contribution in [0.4, 0.5) is 17.1 Å². The summed E-state index contributed by atoms with van der Waals surface area (Å²) in [7, 11) is 0. The molecule has 1 unspecified atom stereocenters. The molecule has 0 saturated carbocycles. The van der Waals surface area contributed by atoms with Crippen molar-refractivity contribution in [1.29, 1.82) is 0 Å². The minimum absolute atomic E-state index is 0.0293. The normalized spacial score (nSPS) is 15.2. The third-order valence-corrected chi connectivity index (χ3v) is 4.84. The summed E-state index contributed by atoms with van der Waals surface area (Å²) in [5.74, 6) is 0.187. The molecule has 1 heterocycles. The smallest absolute Gasteiger partial charge is 0.247 e. The van der Waals surface area contributed by atoms with E-state index in [0.29, 0.717) is 18.0 Å². The molecular formula is C22H27N3O3. The molecule has 0 aliphatic carbocycles. The number of anilines is 3. The van der Waals surface area contributed by atoms with Crippen LogP contribution < -0.4 is 20.7 Å². The molecule has 0 radical (unpaired) electrons. The van der Waals surface area contributed by atoms with Crippen LogP contribution in [0.1, 0.15) is 37.3 Å². The van der Waals surface area contributed by atoms with Crippen molar-refractivity contribution in [2.24, 2.45) is 0 Å². The lowest BCUT2D eigenvalue weighted by Crippen LogP contribution is -2.41. The van der Waals surface area contributed by atoms with Crippen molar-refractivity contribution in [1.82, 2.24) is 0 Å². The molecular weight excluding hydrogens is 354 g/mol. The van der Waals surface area contributed by atoms with E-state index in [-0.39, 0.29) is 18.2 Å². The number of aryl methyl sites for hydroxylation is 2. The van der Waals surface area contributed by atoms with Crippen LogP contribution in [0.5, 0.6) is 5.75 Å². The molecule has 2 amide bonds. The second-order valence-electron chi connectivity index (χ2n) is 7.12. The van der Waals surface area contributed by atoms with E-state index < -0.39 is 6.04 Å². The molecule has 0 fully saturated rings. The average molecular weight is 381 g/mol. The molecule has 6 heteroatoms. The number of rotatable bonds is 7. The predicted octanol–water partition coefficient (Wildman–Crippen LogP) is 4.24. The zero-order chi connectivity index (χ0) is 20.1. The van der Waals surface area contributed by atoms with Gasteiger partial charge in [-0.3, -0.25) is 9.59 Å². The Hall–Kier alpha value is -3.02. The Morgan fingerprint density at radius 2 is 1.86 bits per heavy atom. The molecule has 2 aromatic carbocycles. The number of benzene rings is 2. The Morgan fingerprint density at radius 3 is 2.61 bits per heavy atom. The van der Waals surface area contributed by atoms with Gasteiger partial charge in [0.25, 0.3) is 0 Å². The predicted molar refractivity (Wildman–Crippen MR) is 112 cm³/mol. The first kappa shape index (κ1) is 19.7. The van der Waals surface area contributed by atoms with Crippen LogP contribution in [-0.4, -0.2) is 24.5 Å². The lowest BCUT2D eigenvalue weighted by Gasteiger charge is -2.27. The highest BCUT2D eigenvalue weighted by atomic mass is 16.5. The summed E-state index contributed by atoms with van der Waals surface area (Å²) >= 11 is 0. The summed E-state index contributed by atoms with van der Waals surface area (Å²) in [5.41, 5.74) is 4.44. The van der Waals surface area contributed by atoms with Crippen molar-refractivity contribution in [3.63, 3.8) is 0 Å². The molecule has 0 spiro atoms. The topological polar surface area (TPSA) is 79.5 Å². The summed E-state index contributed by atoms with van der Waals surface area (Å²) in [5, 5.41) is 8.94. The Labute approximate surface area is 165 Å². The van der Waals surface area contributed by atoms with E-state index in [9.17, 15) is 9.59 Å². The number of fused-ring (bicyclic) bond motifs is 1. The van der Waals surface area contributed by atoms with Crippen molar-refractivity contribution in [3.05, 3.63) is 47.5 Å². The lowest BCUT2D eigenvalue weighted by molar-refractivity contribution is -0.122. The lowest BCUT2D eigenvalue weighted by atomic mass is 10.0. The minimum Gasteiger partial charge on any atom is -0.491 e.